The molecule has 0 saturated carbocycles. The lowest BCUT2D eigenvalue weighted by molar-refractivity contribution is 0.468. The summed E-state index contributed by atoms with van der Waals surface area (Å²) in [6.07, 6.45) is 0.881. The Hall–Kier alpha value is -1.96. The van der Waals surface area contributed by atoms with Crippen LogP contribution in [0.2, 0.25) is 0 Å². The van der Waals surface area contributed by atoms with Crippen molar-refractivity contribution < 1.29 is 0 Å². The van der Waals surface area contributed by atoms with E-state index in [0.29, 0.717) is 11.1 Å². The molecular formula is C20H19N3OS3. The Morgan fingerprint density at radius 2 is 2.04 bits per heavy atom. The first-order valence-corrected chi connectivity index (χ1v) is 11.6. The highest BCUT2D eigenvalue weighted by Crippen LogP contribution is 2.29. The summed E-state index contributed by atoms with van der Waals surface area (Å²) in [5, 5.41) is 8.74. The van der Waals surface area contributed by atoms with Gasteiger partial charge in [-0.05, 0) is 36.9 Å². The third-order valence-electron chi connectivity index (χ3n) is 4.48. The van der Waals surface area contributed by atoms with E-state index in [-0.39, 0.29) is 11.6 Å². The highest BCUT2D eigenvalue weighted by Gasteiger charge is 2.16. The molecule has 0 unspecified atom stereocenters. The van der Waals surface area contributed by atoms with Crippen LogP contribution in [-0.2, 0) is 5.75 Å². The fraction of sp³-hybridized carbons (Fsp3) is 0.250. The smallest absolute Gasteiger partial charge is 0.262 e. The highest BCUT2D eigenvalue weighted by molar-refractivity contribution is 7.98. The topological polar surface area (TPSA) is 47.8 Å². The average Bonchev–Trinajstić information content (AvgIpc) is 3.37. The first-order valence-electron chi connectivity index (χ1n) is 8.78. The van der Waals surface area contributed by atoms with E-state index in [0.717, 1.165) is 27.8 Å². The van der Waals surface area contributed by atoms with Crippen molar-refractivity contribution in [3.8, 4) is 10.6 Å². The Balaban J connectivity index is 1.66. The molecule has 0 aliphatic heterocycles. The lowest BCUT2D eigenvalue weighted by Gasteiger charge is -2.18. The second-order valence-corrected chi connectivity index (χ2v) is 8.87. The Bertz CT molecular complexity index is 1120. The van der Waals surface area contributed by atoms with Gasteiger partial charge in [-0.15, -0.1) is 11.3 Å². The number of thioether (sulfide) groups is 1. The van der Waals surface area contributed by atoms with Crippen molar-refractivity contribution in [2.24, 2.45) is 0 Å². The molecule has 1 atom stereocenters. The fourth-order valence-electron chi connectivity index (χ4n) is 2.83. The van der Waals surface area contributed by atoms with Crippen LogP contribution >= 0.6 is 34.4 Å². The van der Waals surface area contributed by atoms with E-state index < -0.39 is 0 Å². The van der Waals surface area contributed by atoms with Crippen molar-refractivity contribution in [1.29, 1.82) is 0 Å². The maximum atomic E-state index is 13.0. The van der Waals surface area contributed by atoms with E-state index in [1.54, 1.807) is 34.4 Å². The van der Waals surface area contributed by atoms with Crippen LogP contribution in [0.1, 0.15) is 32.0 Å². The number of para-hydroxylation sites is 1. The first kappa shape index (κ1) is 18.4. The van der Waals surface area contributed by atoms with Gasteiger partial charge in [-0.25, -0.2) is 9.97 Å². The van der Waals surface area contributed by atoms with Crippen LogP contribution in [0.3, 0.4) is 0 Å². The molecule has 4 aromatic rings. The Kier molecular flexibility index (Phi) is 5.43. The van der Waals surface area contributed by atoms with Gasteiger partial charge in [0.05, 0.1) is 16.6 Å². The second kappa shape index (κ2) is 7.96. The molecule has 7 heteroatoms. The van der Waals surface area contributed by atoms with E-state index in [1.165, 1.54) is 5.56 Å². The van der Waals surface area contributed by atoms with Crippen LogP contribution < -0.4 is 5.56 Å². The van der Waals surface area contributed by atoms with Gasteiger partial charge in [0.25, 0.3) is 5.56 Å². The molecule has 0 fully saturated rings. The van der Waals surface area contributed by atoms with Crippen LogP contribution in [0.25, 0.3) is 21.5 Å². The summed E-state index contributed by atoms with van der Waals surface area (Å²) >= 11 is 4.92. The van der Waals surface area contributed by atoms with Gasteiger partial charge in [-0.3, -0.25) is 9.36 Å². The normalized spacial score (nSPS) is 12.5. The van der Waals surface area contributed by atoms with Gasteiger partial charge in [0.15, 0.2) is 5.16 Å². The summed E-state index contributed by atoms with van der Waals surface area (Å²) in [7, 11) is 0. The molecule has 0 amide bonds. The molecule has 0 spiro atoms. The minimum Gasteiger partial charge on any atom is -0.284 e. The summed E-state index contributed by atoms with van der Waals surface area (Å²) < 4.78 is 1.83. The molecule has 0 aliphatic rings. The number of thiazole rings is 1. The van der Waals surface area contributed by atoms with Gasteiger partial charge in [0, 0.05) is 28.1 Å². The van der Waals surface area contributed by atoms with Crippen molar-refractivity contribution in [3.05, 3.63) is 62.5 Å². The quantitative estimate of drug-likeness (QED) is 0.294. The maximum Gasteiger partial charge on any atom is 0.262 e. The molecule has 0 bridgehead atoms. The van der Waals surface area contributed by atoms with Gasteiger partial charge in [-0.1, -0.05) is 30.8 Å². The first-order chi connectivity index (χ1) is 13.2. The number of rotatable bonds is 6. The lowest BCUT2D eigenvalue weighted by atomic mass is 10.2. The Morgan fingerprint density at radius 1 is 1.19 bits per heavy atom. The summed E-state index contributed by atoms with van der Waals surface area (Å²) in [6.45, 7) is 4.16. The lowest BCUT2D eigenvalue weighted by Crippen LogP contribution is -2.26. The van der Waals surface area contributed by atoms with Crippen LogP contribution in [0.15, 0.2) is 56.4 Å². The predicted octanol–water partition coefficient (Wildman–Crippen LogP) is 5.84. The van der Waals surface area contributed by atoms with Crippen LogP contribution in [0.4, 0.5) is 0 Å². The van der Waals surface area contributed by atoms with Gasteiger partial charge >= 0.3 is 0 Å². The zero-order valence-corrected chi connectivity index (χ0v) is 17.5. The molecule has 138 valence electrons. The summed E-state index contributed by atoms with van der Waals surface area (Å²) in [5.41, 5.74) is 2.97. The molecule has 27 heavy (non-hydrogen) atoms. The number of hydrogen-bond donors (Lipinski definition) is 0. The van der Waals surface area contributed by atoms with Crippen LogP contribution in [0, 0.1) is 0 Å². The number of hydrogen-bond acceptors (Lipinski definition) is 6. The molecule has 4 rings (SSSR count). The molecule has 3 heterocycles. The van der Waals surface area contributed by atoms with Gasteiger partial charge < -0.3 is 0 Å². The number of fused-ring (bicyclic) bond motifs is 1. The molecule has 0 saturated heterocycles. The van der Waals surface area contributed by atoms with Crippen molar-refractivity contribution in [1.82, 2.24) is 14.5 Å². The second-order valence-electron chi connectivity index (χ2n) is 6.29. The SMILES string of the molecule is CC[C@H](C)n1c(SCc2csc(-c3ccsc3)n2)nc2ccccc2c1=O. The number of benzene rings is 1. The fourth-order valence-corrected chi connectivity index (χ4v) is 5.46. The zero-order chi connectivity index (χ0) is 18.8. The van der Waals surface area contributed by atoms with E-state index in [4.69, 9.17) is 9.97 Å². The predicted molar refractivity (Wildman–Crippen MR) is 116 cm³/mol. The number of thiophene rings is 1. The maximum absolute atomic E-state index is 13.0. The van der Waals surface area contributed by atoms with E-state index in [1.807, 2.05) is 28.8 Å². The standard InChI is InChI=1S/C20H19N3OS3/c1-3-13(2)23-19(24)16-6-4-5-7-17(16)22-20(23)27-12-15-11-26-18(21-15)14-8-9-25-10-14/h4-11,13H,3,12H2,1-2H3/t13-/m0/s1. The Morgan fingerprint density at radius 3 is 2.81 bits per heavy atom. The van der Waals surface area contributed by atoms with E-state index in [2.05, 4.69) is 36.1 Å². The van der Waals surface area contributed by atoms with Crippen molar-refractivity contribution in [3.63, 3.8) is 0 Å². The van der Waals surface area contributed by atoms with Crippen molar-refractivity contribution in [2.45, 2.75) is 37.2 Å². The minimum atomic E-state index is 0.0367. The zero-order valence-electron chi connectivity index (χ0n) is 15.1. The largest absolute Gasteiger partial charge is 0.284 e. The molecule has 0 radical (unpaired) electrons. The summed E-state index contributed by atoms with van der Waals surface area (Å²) in [5.74, 6) is 0.696. The molecule has 3 aromatic heterocycles. The third kappa shape index (κ3) is 3.72. The van der Waals surface area contributed by atoms with Gasteiger partial charge in [-0.2, -0.15) is 11.3 Å². The van der Waals surface area contributed by atoms with E-state index in [9.17, 15) is 4.79 Å². The molecular weight excluding hydrogens is 394 g/mol. The Labute approximate surface area is 169 Å². The summed E-state index contributed by atoms with van der Waals surface area (Å²) in [4.78, 5) is 22.5. The van der Waals surface area contributed by atoms with Crippen molar-refractivity contribution >= 4 is 45.3 Å². The van der Waals surface area contributed by atoms with Crippen LogP contribution in [0.5, 0.6) is 0 Å². The molecule has 1 aromatic carbocycles. The van der Waals surface area contributed by atoms with E-state index >= 15 is 0 Å². The van der Waals surface area contributed by atoms with Gasteiger partial charge in [0.1, 0.15) is 5.01 Å². The summed E-state index contributed by atoms with van der Waals surface area (Å²) in [6, 6.07) is 9.76. The molecule has 0 N–H and O–H groups in total. The average molecular weight is 414 g/mol. The molecule has 4 nitrogen and oxygen atoms in total. The van der Waals surface area contributed by atoms with Crippen LogP contribution in [-0.4, -0.2) is 14.5 Å². The third-order valence-corrected chi connectivity index (χ3v) is 7.09. The van der Waals surface area contributed by atoms with Crippen molar-refractivity contribution in [2.75, 3.05) is 0 Å². The molecule has 0 aliphatic carbocycles. The van der Waals surface area contributed by atoms with Gasteiger partial charge in [0.2, 0.25) is 0 Å². The number of nitrogens with zero attached hydrogens (tertiary/aromatic N) is 3. The highest BCUT2D eigenvalue weighted by atomic mass is 32.2. The number of aromatic nitrogens is 3. The monoisotopic (exact) mass is 413 g/mol. The minimum absolute atomic E-state index is 0.0367.